The number of nitrogens with two attached hydrogens (primary N) is 1. The summed E-state index contributed by atoms with van der Waals surface area (Å²) in [5, 5.41) is 0. The monoisotopic (exact) mass is 238 g/mol. The van der Waals surface area contributed by atoms with Crippen molar-refractivity contribution in [2.24, 2.45) is 23.0 Å². The van der Waals surface area contributed by atoms with Crippen LogP contribution in [0.15, 0.2) is 0 Å². The average molecular weight is 238 g/mol. The second-order valence-electron chi connectivity index (χ2n) is 7.70. The molecular weight excluding hydrogens is 208 g/mol. The number of hydrogen-bond donors (Lipinski definition) is 1. The van der Waals surface area contributed by atoms with Gasteiger partial charge in [-0.25, -0.2) is 0 Å². The van der Waals surface area contributed by atoms with E-state index in [1.165, 1.54) is 38.8 Å². The maximum Gasteiger partial charge on any atom is 0.0283 e. The quantitative estimate of drug-likeness (QED) is 0.819. The van der Waals surface area contributed by atoms with Crippen LogP contribution in [-0.2, 0) is 0 Å². The minimum Gasteiger partial charge on any atom is -0.324 e. The number of piperidine rings is 1. The largest absolute Gasteiger partial charge is 0.324 e. The third-order valence-corrected chi connectivity index (χ3v) is 4.89. The van der Waals surface area contributed by atoms with Gasteiger partial charge in [0, 0.05) is 12.1 Å². The summed E-state index contributed by atoms with van der Waals surface area (Å²) in [5.41, 5.74) is 6.98. The fourth-order valence-corrected chi connectivity index (χ4v) is 3.31. The molecule has 2 N–H and O–H groups in total. The molecule has 2 nitrogen and oxygen atoms in total. The van der Waals surface area contributed by atoms with Gasteiger partial charge in [-0.05, 0) is 62.9 Å². The number of nitrogens with zero attached hydrogens (tertiary/aromatic N) is 1. The Labute approximate surface area is 107 Å². The van der Waals surface area contributed by atoms with Crippen molar-refractivity contribution in [1.29, 1.82) is 0 Å². The van der Waals surface area contributed by atoms with E-state index < -0.39 is 0 Å². The third-order valence-electron chi connectivity index (χ3n) is 4.89. The van der Waals surface area contributed by atoms with Crippen molar-refractivity contribution in [3.8, 4) is 0 Å². The Morgan fingerprint density at radius 3 is 1.88 bits per heavy atom. The molecule has 100 valence electrons. The zero-order chi connectivity index (χ0) is 12.7. The fourth-order valence-electron chi connectivity index (χ4n) is 3.31. The minimum atomic E-state index is 0.0641. The van der Waals surface area contributed by atoms with Gasteiger partial charge < -0.3 is 10.6 Å². The highest BCUT2D eigenvalue weighted by Gasteiger charge is 2.40. The molecule has 1 unspecified atom stereocenters. The average Bonchev–Trinajstić information content (AvgIpc) is 2.99. The van der Waals surface area contributed by atoms with Gasteiger partial charge in [0.15, 0.2) is 0 Å². The SMILES string of the molecule is CC(C)(C)C1CCN(CC(C)(N)C2CC2)CC1. The summed E-state index contributed by atoms with van der Waals surface area (Å²) in [6, 6.07) is 0. The molecule has 1 atom stereocenters. The van der Waals surface area contributed by atoms with Crippen LogP contribution in [-0.4, -0.2) is 30.1 Å². The smallest absolute Gasteiger partial charge is 0.0283 e. The van der Waals surface area contributed by atoms with Crippen LogP contribution < -0.4 is 5.73 Å². The number of rotatable bonds is 3. The summed E-state index contributed by atoms with van der Waals surface area (Å²) in [5.74, 6) is 1.69. The fraction of sp³-hybridized carbons (Fsp3) is 1.00. The van der Waals surface area contributed by atoms with Crippen molar-refractivity contribution < 1.29 is 0 Å². The highest BCUT2D eigenvalue weighted by molar-refractivity contribution is 4.98. The van der Waals surface area contributed by atoms with Gasteiger partial charge in [0.1, 0.15) is 0 Å². The normalized spacial score (nSPS) is 28.1. The van der Waals surface area contributed by atoms with Crippen molar-refractivity contribution in [3.63, 3.8) is 0 Å². The molecule has 1 saturated carbocycles. The first-order valence-electron chi connectivity index (χ1n) is 7.30. The van der Waals surface area contributed by atoms with E-state index in [1.54, 1.807) is 0 Å². The molecular formula is C15H30N2. The van der Waals surface area contributed by atoms with Crippen LogP contribution in [0.2, 0.25) is 0 Å². The molecule has 0 bridgehead atoms. The van der Waals surface area contributed by atoms with Crippen molar-refractivity contribution in [2.45, 2.75) is 58.9 Å². The third kappa shape index (κ3) is 3.45. The van der Waals surface area contributed by atoms with E-state index in [0.29, 0.717) is 5.41 Å². The molecule has 2 rings (SSSR count). The Hall–Kier alpha value is -0.0800. The maximum atomic E-state index is 6.43. The zero-order valence-electron chi connectivity index (χ0n) is 12.1. The van der Waals surface area contributed by atoms with Crippen molar-refractivity contribution in [3.05, 3.63) is 0 Å². The lowest BCUT2D eigenvalue weighted by atomic mass is 9.75. The molecule has 17 heavy (non-hydrogen) atoms. The van der Waals surface area contributed by atoms with Crippen LogP contribution in [0.3, 0.4) is 0 Å². The van der Waals surface area contributed by atoms with Gasteiger partial charge in [0.2, 0.25) is 0 Å². The molecule has 1 aliphatic carbocycles. The van der Waals surface area contributed by atoms with E-state index in [4.69, 9.17) is 5.73 Å². The first-order chi connectivity index (χ1) is 7.79. The summed E-state index contributed by atoms with van der Waals surface area (Å²) in [6.45, 7) is 13.0. The molecule has 0 radical (unpaired) electrons. The van der Waals surface area contributed by atoms with E-state index in [-0.39, 0.29) is 5.54 Å². The van der Waals surface area contributed by atoms with Crippen LogP contribution in [0.5, 0.6) is 0 Å². The predicted molar refractivity (Wildman–Crippen MR) is 73.9 cm³/mol. The lowest BCUT2D eigenvalue weighted by Crippen LogP contribution is -2.52. The minimum absolute atomic E-state index is 0.0641. The Bertz CT molecular complexity index is 253. The van der Waals surface area contributed by atoms with Crippen LogP contribution in [0.4, 0.5) is 0 Å². The van der Waals surface area contributed by atoms with E-state index in [2.05, 4.69) is 32.6 Å². The summed E-state index contributed by atoms with van der Waals surface area (Å²) in [7, 11) is 0. The summed E-state index contributed by atoms with van der Waals surface area (Å²) >= 11 is 0. The molecule has 0 amide bonds. The Balaban J connectivity index is 1.79. The van der Waals surface area contributed by atoms with Crippen LogP contribution >= 0.6 is 0 Å². The molecule has 1 heterocycles. The van der Waals surface area contributed by atoms with E-state index in [1.807, 2.05) is 0 Å². The Kier molecular flexibility index (Phi) is 3.57. The summed E-state index contributed by atoms with van der Waals surface area (Å²) in [6.07, 6.45) is 5.41. The van der Waals surface area contributed by atoms with Gasteiger partial charge in [-0.2, -0.15) is 0 Å². The van der Waals surface area contributed by atoms with Gasteiger partial charge in [-0.1, -0.05) is 20.8 Å². The van der Waals surface area contributed by atoms with Crippen LogP contribution in [0.1, 0.15) is 53.4 Å². The van der Waals surface area contributed by atoms with Crippen molar-refractivity contribution >= 4 is 0 Å². The molecule has 2 heteroatoms. The molecule has 0 aromatic rings. The van der Waals surface area contributed by atoms with Crippen LogP contribution in [0, 0.1) is 17.3 Å². The van der Waals surface area contributed by atoms with Crippen LogP contribution in [0.25, 0.3) is 0 Å². The van der Waals surface area contributed by atoms with Gasteiger partial charge in [-0.15, -0.1) is 0 Å². The standard InChI is InChI=1S/C15H30N2/c1-14(2,3)12-7-9-17(10-8-12)11-15(4,16)13-5-6-13/h12-13H,5-11,16H2,1-4H3. The molecule has 2 aliphatic rings. The van der Waals surface area contributed by atoms with E-state index >= 15 is 0 Å². The second-order valence-corrected chi connectivity index (χ2v) is 7.70. The molecule has 1 aliphatic heterocycles. The lowest BCUT2D eigenvalue weighted by molar-refractivity contribution is 0.0940. The number of hydrogen-bond acceptors (Lipinski definition) is 2. The highest BCUT2D eigenvalue weighted by Crippen LogP contribution is 2.39. The predicted octanol–water partition coefficient (Wildman–Crippen LogP) is 2.87. The van der Waals surface area contributed by atoms with Crippen molar-refractivity contribution in [1.82, 2.24) is 4.90 Å². The second kappa shape index (κ2) is 4.55. The zero-order valence-corrected chi connectivity index (χ0v) is 12.1. The van der Waals surface area contributed by atoms with Crippen molar-refractivity contribution in [2.75, 3.05) is 19.6 Å². The topological polar surface area (TPSA) is 29.3 Å². The molecule has 0 spiro atoms. The summed E-state index contributed by atoms with van der Waals surface area (Å²) < 4.78 is 0. The lowest BCUT2D eigenvalue weighted by Gasteiger charge is -2.41. The number of likely N-dealkylation sites (tertiary alicyclic amines) is 1. The van der Waals surface area contributed by atoms with Gasteiger partial charge in [0.05, 0.1) is 0 Å². The Morgan fingerprint density at radius 1 is 0.941 bits per heavy atom. The summed E-state index contributed by atoms with van der Waals surface area (Å²) in [4.78, 5) is 2.60. The van der Waals surface area contributed by atoms with Gasteiger partial charge >= 0.3 is 0 Å². The highest BCUT2D eigenvalue weighted by atomic mass is 15.2. The molecule has 0 aromatic heterocycles. The first kappa shape index (κ1) is 13.4. The van der Waals surface area contributed by atoms with Gasteiger partial charge in [0.25, 0.3) is 0 Å². The maximum absolute atomic E-state index is 6.43. The molecule has 1 saturated heterocycles. The Morgan fingerprint density at radius 2 is 1.47 bits per heavy atom. The van der Waals surface area contributed by atoms with Gasteiger partial charge in [-0.3, -0.25) is 0 Å². The van der Waals surface area contributed by atoms with E-state index in [0.717, 1.165) is 18.4 Å². The van der Waals surface area contributed by atoms with E-state index in [9.17, 15) is 0 Å². The first-order valence-corrected chi connectivity index (χ1v) is 7.30. The molecule has 2 fully saturated rings. The molecule has 0 aromatic carbocycles.